The largest absolute Gasteiger partial charge is 0.310 e. The average molecular weight is 253 g/mol. The van der Waals surface area contributed by atoms with Crippen molar-refractivity contribution in [3.8, 4) is 11.1 Å². The van der Waals surface area contributed by atoms with Crippen LogP contribution in [0.3, 0.4) is 0 Å². The summed E-state index contributed by atoms with van der Waals surface area (Å²) < 4.78 is 0. The van der Waals surface area contributed by atoms with Gasteiger partial charge in [-0.2, -0.15) is 0 Å². The zero-order valence-corrected chi connectivity index (χ0v) is 12.3. The summed E-state index contributed by atoms with van der Waals surface area (Å²) in [6, 6.07) is 15.8. The zero-order chi connectivity index (χ0) is 13.8. The van der Waals surface area contributed by atoms with Gasteiger partial charge < -0.3 is 5.32 Å². The van der Waals surface area contributed by atoms with Crippen molar-refractivity contribution in [3.63, 3.8) is 0 Å². The minimum absolute atomic E-state index is 0.414. The first-order valence-electron chi connectivity index (χ1n) is 7.03. The fourth-order valence-electron chi connectivity index (χ4n) is 2.44. The van der Waals surface area contributed by atoms with Crippen LogP contribution in [-0.4, -0.2) is 6.54 Å². The fourth-order valence-corrected chi connectivity index (χ4v) is 2.44. The minimum Gasteiger partial charge on any atom is -0.310 e. The van der Waals surface area contributed by atoms with Gasteiger partial charge in [0.15, 0.2) is 0 Å². The van der Waals surface area contributed by atoms with Gasteiger partial charge in [0.25, 0.3) is 0 Å². The van der Waals surface area contributed by atoms with Crippen molar-refractivity contribution >= 4 is 0 Å². The molecule has 1 unspecified atom stereocenters. The monoisotopic (exact) mass is 253 g/mol. The number of hydrogen-bond acceptors (Lipinski definition) is 1. The van der Waals surface area contributed by atoms with Crippen molar-refractivity contribution in [1.29, 1.82) is 0 Å². The van der Waals surface area contributed by atoms with E-state index >= 15 is 0 Å². The Morgan fingerprint density at radius 2 is 1.68 bits per heavy atom. The predicted molar refractivity (Wildman–Crippen MR) is 83.4 cm³/mol. The zero-order valence-electron chi connectivity index (χ0n) is 12.3. The third kappa shape index (κ3) is 3.05. The first-order valence-corrected chi connectivity index (χ1v) is 7.03. The highest BCUT2D eigenvalue weighted by molar-refractivity contribution is 5.68. The van der Waals surface area contributed by atoms with E-state index in [4.69, 9.17) is 0 Å². The highest BCUT2D eigenvalue weighted by Crippen LogP contribution is 2.26. The van der Waals surface area contributed by atoms with E-state index in [2.05, 4.69) is 75.5 Å². The van der Waals surface area contributed by atoms with Crippen LogP contribution in [-0.2, 0) is 0 Å². The molecule has 1 heteroatoms. The molecular formula is C18H23N. The van der Waals surface area contributed by atoms with Gasteiger partial charge in [0.2, 0.25) is 0 Å². The summed E-state index contributed by atoms with van der Waals surface area (Å²) >= 11 is 0. The molecule has 100 valence electrons. The molecule has 0 spiro atoms. The molecule has 0 fully saturated rings. The van der Waals surface area contributed by atoms with Gasteiger partial charge in [0, 0.05) is 6.04 Å². The highest BCUT2D eigenvalue weighted by atomic mass is 14.9. The van der Waals surface area contributed by atoms with Gasteiger partial charge >= 0.3 is 0 Å². The van der Waals surface area contributed by atoms with Crippen LogP contribution in [0.4, 0.5) is 0 Å². The maximum absolute atomic E-state index is 3.44. The van der Waals surface area contributed by atoms with E-state index in [1.165, 1.54) is 27.8 Å². The lowest BCUT2D eigenvalue weighted by atomic mass is 9.95. The summed E-state index contributed by atoms with van der Waals surface area (Å²) in [5.41, 5.74) is 6.70. The smallest absolute Gasteiger partial charge is 0.0291 e. The van der Waals surface area contributed by atoms with Crippen molar-refractivity contribution in [2.75, 3.05) is 6.54 Å². The molecule has 1 nitrogen and oxygen atoms in total. The molecule has 0 aliphatic rings. The first kappa shape index (κ1) is 13.8. The Morgan fingerprint density at radius 1 is 1.00 bits per heavy atom. The van der Waals surface area contributed by atoms with E-state index in [9.17, 15) is 0 Å². The van der Waals surface area contributed by atoms with Gasteiger partial charge in [-0.1, -0.05) is 49.4 Å². The molecule has 0 saturated carbocycles. The summed E-state index contributed by atoms with van der Waals surface area (Å²) in [5, 5.41) is 3.44. The molecule has 0 aromatic heterocycles. The lowest BCUT2D eigenvalue weighted by Gasteiger charge is -2.14. The van der Waals surface area contributed by atoms with E-state index in [1.54, 1.807) is 0 Å². The molecule has 0 aliphatic heterocycles. The van der Waals surface area contributed by atoms with E-state index in [1.807, 2.05) is 0 Å². The van der Waals surface area contributed by atoms with Crippen LogP contribution < -0.4 is 5.32 Å². The Labute approximate surface area is 116 Å². The second-order valence-corrected chi connectivity index (χ2v) is 5.15. The summed E-state index contributed by atoms with van der Waals surface area (Å²) in [4.78, 5) is 0. The van der Waals surface area contributed by atoms with Crippen molar-refractivity contribution in [2.45, 2.75) is 33.7 Å². The molecule has 1 atom stereocenters. The van der Waals surface area contributed by atoms with Gasteiger partial charge in [-0.3, -0.25) is 0 Å². The van der Waals surface area contributed by atoms with E-state index in [-0.39, 0.29) is 0 Å². The van der Waals surface area contributed by atoms with E-state index < -0.39 is 0 Å². The maximum Gasteiger partial charge on any atom is 0.0291 e. The molecule has 0 radical (unpaired) electrons. The Morgan fingerprint density at radius 3 is 2.32 bits per heavy atom. The minimum atomic E-state index is 0.414. The van der Waals surface area contributed by atoms with Crippen LogP contribution in [0, 0.1) is 13.8 Å². The molecule has 19 heavy (non-hydrogen) atoms. The van der Waals surface area contributed by atoms with Crippen LogP contribution in [0.15, 0.2) is 42.5 Å². The Hall–Kier alpha value is -1.60. The van der Waals surface area contributed by atoms with Gasteiger partial charge in [-0.05, 0) is 55.1 Å². The van der Waals surface area contributed by atoms with Crippen LogP contribution in [0.2, 0.25) is 0 Å². The molecular weight excluding hydrogens is 230 g/mol. The first-order chi connectivity index (χ1) is 9.13. The second kappa shape index (κ2) is 6.03. The lowest BCUT2D eigenvalue weighted by molar-refractivity contribution is 0.598. The topological polar surface area (TPSA) is 12.0 Å². The summed E-state index contributed by atoms with van der Waals surface area (Å²) in [6.45, 7) is 9.71. The predicted octanol–water partition coefficient (Wildman–Crippen LogP) is 4.64. The number of benzene rings is 2. The molecule has 0 aliphatic carbocycles. The number of nitrogens with one attached hydrogen (secondary N) is 1. The van der Waals surface area contributed by atoms with Crippen LogP contribution in [0.1, 0.15) is 36.6 Å². The molecule has 2 rings (SSSR count). The van der Waals surface area contributed by atoms with Crippen molar-refractivity contribution in [1.82, 2.24) is 5.32 Å². The summed E-state index contributed by atoms with van der Waals surface area (Å²) in [5.74, 6) is 0. The fraction of sp³-hybridized carbons (Fsp3) is 0.333. The maximum atomic E-state index is 3.44. The lowest BCUT2D eigenvalue weighted by Crippen LogP contribution is -2.17. The van der Waals surface area contributed by atoms with Crippen molar-refractivity contribution in [3.05, 3.63) is 59.2 Å². The summed E-state index contributed by atoms with van der Waals surface area (Å²) in [7, 11) is 0. The second-order valence-electron chi connectivity index (χ2n) is 5.15. The molecule has 2 aromatic carbocycles. The SMILES string of the molecule is CCNC(C)c1ccc(-c2cccc(C)c2C)cc1. The van der Waals surface area contributed by atoms with Gasteiger partial charge in [0.1, 0.15) is 0 Å². The number of rotatable bonds is 4. The standard InChI is InChI=1S/C18H23N/c1-5-19-15(4)16-9-11-17(12-10-16)18-8-6-7-13(2)14(18)3/h6-12,15,19H,5H2,1-4H3. The Bertz CT molecular complexity index is 540. The van der Waals surface area contributed by atoms with Gasteiger partial charge in [-0.25, -0.2) is 0 Å². The Balaban J connectivity index is 2.30. The highest BCUT2D eigenvalue weighted by Gasteiger charge is 2.06. The molecule has 0 amide bonds. The molecule has 2 aromatic rings. The van der Waals surface area contributed by atoms with Gasteiger partial charge in [0.05, 0.1) is 0 Å². The third-order valence-corrected chi connectivity index (χ3v) is 3.84. The van der Waals surface area contributed by atoms with Crippen molar-refractivity contribution in [2.24, 2.45) is 0 Å². The average Bonchev–Trinajstić information content (AvgIpc) is 2.42. The summed E-state index contributed by atoms with van der Waals surface area (Å²) in [6.07, 6.45) is 0. The molecule has 1 N–H and O–H groups in total. The molecule has 0 heterocycles. The number of aryl methyl sites for hydroxylation is 1. The molecule has 0 bridgehead atoms. The Kier molecular flexibility index (Phi) is 4.39. The normalized spacial score (nSPS) is 12.4. The number of hydrogen-bond donors (Lipinski definition) is 1. The van der Waals surface area contributed by atoms with Crippen LogP contribution in [0.25, 0.3) is 11.1 Å². The van der Waals surface area contributed by atoms with Crippen LogP contribution in [0.5, 0.6) is 0 Å². The molecule has 0 saturated heterocycles. The third-order valence-electron chi connectivity index (χ3n) is 3.84. The van der Waals surface area contributed by atoms with Crippen LogP contribution >= 0.6 is 0 Å². The van der Waals surface area contributed by atoms with E-state index in [0.29, 0.717) is 6.04 Å². The van der Waals surface area contributed by atoms with Gasteiger partial charge in [-0.15, -0.1) is 0 Å². The van der Waals surface area contributed by atoms with Crippen molar-refractivity contribution < 1.29 is 0 Å². The quantitative estimate of drug-likeness (QED) is 0.837. The van der Waals surface area contributed by atoms with E-state index in [0.717, 1.165) is 6.54 Å².